The van der Waals surface area contributed by atoms with E-state index in [9.17, 15) is 21.6 Å². The second-order valence-electron chi connectivity index (χ2n) is 6.89. The Labute approximate surface area is 179 Å². The van der Waals surface area contributed by atoms with Crippen molar-refractivity contribution in [2.75, 3.05) is 32.4 Å². The van der Waals surface area contributed by atoms with Crippen molar-refractivity contribution in [2.24, 2.45) is 0 Å². The van der Waals surface area contributed by atoms with Crippen molar-refractivity contribution in [3.8, 4) is 0 Å². The smallest absolute Gasteiger partial charge is 0.255 e. The summed E-state index contributed by atoms with van der Waals surface area (Å²) < 4.78 is 50.8. The van der Waals surface area contributed by atoms with Gasteiger partial charge in [-0.3, -0.25) is 4.79 Å². The molecule has 2 heterocycles. The number of halogens is 1. The van der Waals surface area contributed by atoms with Crippen molar-refractivity contribution < 1.29 is 21.6 Å². The first-order valence-corrected chi connectivity index (χ1v) is 13.3. The summed E-state index contributed by atoms with van der Waals surface area (Å²) in [6.45, 7) is 4.35. The molecule has 0 N–H and O–H groups in total. The van der Waals surface area contributed by atoms with E-state index in [4.69, 9.17) is 11.6 Å². The lowest BCUT2D eigenvalue weighted by Gasteiger charge is -2.34. The predicted octanol–water partition coefficient (Wildman–Crippen LogP) is 2.57. The molecule has 7 nitrogen and oxygen atoms in total. The summed E-state index contributed by atoms with van der Waals surface area (Å²) in [6.07, 6.45) is 1.06. The van der Waals surface area contributed by atoms with Crippen LogP contribution in [0.4, 0.5) is 0 Å². The molecule has 29 heavy (non-hydrogen) atoms. The second kappa shape index (κ2) is 7.99. The normalized spacial score (nSPS) is 16.2. The van der Waals surface area contributed by atoms with Crippen LogP contribution >= 0.6 is 22.9 Å². The number of thiophene rings is 1. The first kappa shape index (κ1) is 22.2. The number of carbonyl (C=O) groups is 1. The van der Waals surface area contributed by atoms with Gasteiger partial charge < -0.3 is 4.90 Å². The lowest BCUT2D eigenvalue weighted by Crippen LogP contribution is -2.50. The highest BCUT2D eigenvalue weighted by atomic mass is 35.5. The number of hydrogen-bond donors (Lipinski definition) is 0. The van der Waals surface area contributed by atoms with Crippen LogP contribution in [0.2, 0.25) is 5.02 Å². The molecule has 1 fully saturated rings. The van der Waals surface area contributed by atoms with Gasteiger partial charge in [0.05, 0.1) is 20.4 Å². The van der Waals surface area contributed by atoms with Gasteiger partial charge in [-0.2, -0.15) is 4.31 Å². The molecular formula is C18H21ClN2O5S3. The quantitative estimate of drug-likeness (QED) is 0.676. The Morgan fingerprint density at radius 2 is 1.66 bits per heavy atom. The summed E-state index contributed by atoms with van der Waals surface area (Å²) in [7, 11) is -7.10. The Hall–Kier alpha value is -1.46. The molecule has 3 rings (SSSR count). The standard InChI is InChI=1S/C18H21ClN2O5S3/c1-12-10-17(13(2)27-12)29(25,26)21-8-6-20(7-9-21)18(22)15-11-14(28(3,23)24)4-5-16(15)19/h4-5,10-11H,6-9H2,1-3H3. The van der Waals surface area contributed by atoms with Crippen LogP contribution in [0, 0.1) is 13.8 Å². The zero-order chi connectivity index (χ0) is 21.6. The first-order chi connectivity index (χ1) is 13.4. The molecular weight excluding hydrogens is 456 g/mol. The highest BCUT2D eigenvalue weighted by Crippen LogP contribution is 2.29. The number of piperazine rings is 1. The maximum absolute atomic E-state index is 12.9. The third kappa shape index (κ3) is 4.51. The molecule has 1 amide bonds. The molecule has 1 aliphatic rings. The van der Waals surface area contributed by atoms with Gasteiger partial charge in [-0.15, -0.1) is 11.3 Å². The summed E-state index contributed by atoms with van der Waals surface area (Å²) in [5.41, 5.74) is 0.0928. The third-order valence-electron chi connectivity index (χ3n) is 4.74. The van der Waals surface area contributed by atoms with Gasteiger partial charge in [-0.25, -0.2) is 16.8 Å². The van der Waals surface area contributed by atoms with Gasteiger partial charge in [-0.05, 0) is 38.1 Å². The van der Waals surface area contributed by atoms with Crippen LogP contribution in [0.1, 0.15) is 20.1 Å². The largest absolute Gasteiger partial charge is 0.336 e. The van der Waals surface area contributed by atoms with E-state index in [-0.39, 0.29) is 41.7 Å². The molecule has 1 aliphatic heterocycles. The van der Waals surface area contributed by atoms with Crippen LogP contribution in [0.3, 0.4) is 0 Å². The molecule has 0 spiro atoms. The van der Waals surface area contributed by atoms with E-state index in [1.807, 2.05) is 6.92 Å². The summed E-state index contributed by atoms with van der Waals surface area (Å²) >= 11 is 7.55. The number of hydrogen-bond acceptors (Lipinski definition) is 6. The maximum atomic E-state index is 12.9. The van der Waals surface area contributed by atoms with Crippen LogP contribution < -0.4 is 0 Å². The molecule has 2 aromatic rings. The van der Waals surface area contributed by atoms with Gasteiger partial charge in [0.25, 0.3) is 5.91 Å². The number of nitrogens with zero attached hydrogens (tertiary/aromatic N) is 2. The van der Waals surface area contributed by atoms with Crippen LogP contribution in [0.15, 0.2) is 34.1 Å². The Morgan fingerprint density at radius 1 is 1.03 bits per heavy atom. The molecule has 0 radical (unpaired) electrons. The van der Waals surface area contributed by atoms with Crippen molar-refractivity contribution in [1.82, 2.24) is 9.21 Å². The van der Waals surface area contributed by atoms with Crippen LogP contribution in [0.5, 0.6) is 0 Å². The molecule has 0 saturated carbocycles. The van der Waals surface area contributed by atoms with E-state index in [1.54, 1.807) is 13.0 Å². The topological polar surface area (TPSA) is 91.8 Å². The lowest BCUT2D eigenvalue weighted by atomic mass is 10.2. The average Bonchev–Trinajstić information content (AvgIpc) is 2.99. The number of sulfonamides is 1. The zero-order valence-corrected chi connectivity index (χ0v) is 19.4. The van der Waals surface area contributed by atoms with Gasteiger partial charge in [0.1, 0.15) is 0 Å². The van der Waals surface area contributed by atoms with Crippen molar-refractivity contribution in [2.45, 2.75) is 23.6 Å². The molecule has 11 heteroatoms. The molecule has 1 aromatic carbocycles. The summed E-state index contributed by atoms with van der Waals surface area (Å²) in [6, 6.07) is 5.67. The Kier molecular flexibility index (Phi) is 6.13. The second-order valence-corrected chi connectivity index (χ2v) is 12.7. The fourth-order valence-electron chi connectivity index (χ4n) is 3.20. The van der Waals surface area contributed by atoms with Crippen LogP contribution in [-0.2, 0) is 19.9 Å². The molecule has 0 unspecified atom stereocenters. The number of sulfone groups is 1. The number of carbonyl (C=O) groups excluding carboxylic acids is 1. The van der Waals surface area contributed by atoms with E-state index in [2.05, 4.69) is 0 Å². The SMILES string of the molecule is Cc1cc(S(=O)(=O)N2CCN(C(=O)c3cc(S(C)(=O)=O)ccc3Cl)CC2)c(C)s1. The van der Waals surface area contributed by atoms with Crippen molar-refractivity contribution in [1.29, 1.82) is 0 Å². The number of rotatable bonds is 4. The van der Waals surface area contributed by atoms with Gasteiger partial charge >= 0.3 is 0 Å². The molecule has 0 bridgehead atoms. The average molecular weight is 477 g/mol. The number of aryl methyl sites for hydroxylation is 2. The molecule has 0 aliphatic carbocycles. The third-order valence-corrected chi connectivity index (χ3v) is 9.30. The van der Waals surface area contributed by atoms with Crippen molar-refractivity contribution in [3.63, 3.8) is 0 Å². The maximum Gasteiger partial charge on any atom is 0.255 e. The molecule has 1 aromatic heterocycles. The van der Waals surface area contributed by atoms with Gasteiger partial charge in [0.15, 0.2) is 9.84 Å². The number of benzene rings is 1. The van der Waals surface area contributed by atoms with Crippen molar-refractivity contribution in [3.05, 3.63) is 44.6 Å². The zero-order valence-electron chi connectivity index (χ0n) is 16.2. The molecule has 158 valence electrons. The van der Waals surface area contributed by atoms with E-state index < -0.39 is 25.8 Å². The van der Waals surface area contributed by atoms with Gasteiger partial charge in [-0.1, -0.05) is 11.6 Å². The van der Waals surface area contributed by atoms with E-state index >= 15 is 0 Å². The monoisotopic (exact) mass is 476 g/mol. The van der Waals surface area contributed by atoms with E-state index in [0.29, 0.717) is 4.90 Å². The van der Waals surface area contributed by atoms with Crippen LogP contribution in [0.25, 0.3) is 0 Å². The minimum Gasteiger partial charge on any atom is -0.336 e. The number of amides is 1. The van der Waals surface area contributed by atoms with E-state index in [1.165, 1.54) is 38.7 Å². The van der Waals surface area contributed by atoms with Gasteiger partial charge in [0.2, 0.25) is 10.0 Å². The Bertz CT molecular complexity index is 1160. The predicted molar refractivity (Wildman–Crippen MR) is 113 cm³/mol. The van der Waals surface area contributed by atoms with Gasteiger partial charge in [0, 0.05) is 42.2 Å². The minimum absolute atomic E-state index is 0.00904. The fourth-order valence-corrected chi connectivity index (χ4v) is 6.99. The summed E-state index contributed by atoms with van der Waals surface area (Å²) in [4.78, 5) is 16.3. The Balaban J connectivity index is 1.78. The lowest BCUT2D eigenvalue weighted by molar-refractivity contribution is 0.0698. The Morgan fingerprint density at radius 3 is 2.17 bits per heavy atom. The highest BCUT2D eigenvalue weighted by Gasteiger charge is 2.32. The minimum atomic E-state index is -3.62. The summed E-state index contributed by atoms with van der Waals surface area (Å²) in [5, 5.41) is 0.154. The molecule has 1 saturated heterocycles. The summed E-state index contributed by atoms with van der Waals surface area (Å²) in [5.74, 6) is -0.417. The van der Waals surface area contributed by atoms with Crippen molar-refractivity contribution >= 4 is 48.7 Å². The fraction of sp³-hybridized carbons (Fsp3) is 0.389. The van der Waals surface area contributed by atoms with E-state index in [0.717, 1.165) is 16.0 Å². The van der Waals surface area contributed by atoms with Crippen LogP contribution in [-0.4, -0.2) is 64.4 Å². The molecule has 0 atom stereocenters. The first-order valence-electron chi connectivity index (χ1n) is 8.77. The highest BCUT2D eigenvalue weighted by molar-refractivity contribution is 7.90.